The molecule has 1 aliphatic heterocycles. The maximum atomic E-state index is 11.9. The molecule has 0 spiro atoms. The zero-order valence-corrected chi connectivity index (χ0v) is 11.7. The van der Waals surface area contributed by atoms with Crippen molar-refractivity contribution in [1.82, 2.24) is 5.32 Å². The molecule has 1 aromatic carbocycles. The summed E-state index contributed by atoms with van der Waals surface area (Å²) in [4.78, 5) is 11.9. The third-order valence-electron chi connectivity index (χ3n) is 3.76. The first-order valence-electron chi connectivity index (χ1n) is 7.24. The average molecular weight is 271 g/mol. The monoisotopic (exact) mass is 271 g/mol. The van der Waals surface area contributed by atoms with Gasteiger partial charge in [-0.2, -0.15) is 5.26 Å². The molecule has 1 heterocycles. The van der Waals surface area contributed by atoms with Crippen molar-refractivity contribution < 1.29 is 4.79 Å². The van der Waals surface area contributed by atoms with E-state index in [1.807, 2.05) is 24.3 Å². The molecule has 4 heteroatoms. The Labute approximate surface area is 120 Å². The van der Waals surface area contributed by atoms with E-state index >= 15 is 0 Å². The van der Waals surface area contributed by atoms with Crippen molar-refractivity contribution in [2.24, 2.45) is 5.92 Å². The van der Waals surface area contributed by atoms with Crippen molar-refractivity contribution in [3.63, 3.8) is 0 Å². The van der Waals surface area contributed by atoms with Crippen LogP contribution in [0.5, 0.6) is 0 Å². The molecule has 0 atom stereocenters. The number of hydrogen-bond donors (Lipinski definition) is 2. The van der Waals surface area contributed by atoms with Crippen LogP contribution in [0.4, 0.5) is 5.69 Å². The highest BCUT2D eigenvalue weighted by molar-refractivity contribution is 5.90. The van der Waals surface area contributed by atoms with Crippen LogP contribution in [0.1, 0.15) is 31.2 Å². The summed E-state index contributed by atoms with van der Waals surface area (Å²) in [5.41, 5.74) is 1.78. The lowest BCUT2D eigenvalue weighted by molar-refractivity contribution is -0.116. The number of carbonyl (C=O) groups is 1. The Kier molecular flexibility index (Phi) is 5.57. The SMILES string of the molecule is N#CCc1ccc(NC(=O)CCC2CCNCC2)cc1. The molecule has 0 saturated carbocycles. The van der Waals surface area contributed by atoms with Gasteiger partial charge in [-0.3, -0.25) is 4.79 Å². The molecule has 1 aromatic rings. The lowest BCUT2D eigenvalue weighted by Gasteiger charge is -2.22. The van der Waals surface area contributed by atoms with E-state index in [4.69, 9.17) is 5.26 Å². The Bertz CT molecular complexity index is 469. The van der Waals surface area contributed by atoms with E-state index in [9.17, 15) is 4.79 Å². The summed E-state index contributed by atoms with van der Waals surface area (Å²) >= 11 is 0. The zero-order valence-electron chi connectivity index (χ0n) is 11.7. The maximum Gasteiger partial charge on any atom is 0.224 e. The molecule has 4 nitrogen and oxygen atoms in total. The van der Waals surface area contributed by atoms with E-state index < -0.39 is 0 Å². The average Bonchev–Trinajstić information content (AvgIpc) is 2.49. The minimum absolute atomic E-state index is 0.0802. The quantitative estimate of drug-likeness (QED) is 0.864. The standard InChI is InChI=1S/C16H21N3O/c17-10-7-13-1-4-15(5-2-13)19-16(20)6-3-14-8-11-18-12-9-14/h1-2,4-5,14,18H,3,6-9,11-12H2,(H,19,20). The number of benzene rings is 1. The Hall–Kier alpha value is -1.86. The third kappa shape index (κ3) is 4.67. The van der Waals surface area contributed by atoms with Crippen LogP contribution in [-0.2, 0) is 11.2 Å². The number of carbonyl (C=O) groups excluding carboxylic acids is 1. The number of piperidine rings is 1. The minimum atomic E-state index is 0.0802. The third-order valence-corrected chi connectivity index (χ3v) is 3.76. The van der Waals surface area contributed by atoms with Gasteiger partial charge in [-0.25, -0.2) is 0 Å². The van der Waals surface area contributed by atoms with Gasteiger partial charge in [-0.1, -0.05) is 12.1 Å². The van der Waals surface area contributed by atoms with Gasteiger partial charge in [0.1, 0.15) is 0 Å². The number of amides is 1. The molecule has 1 fully saturated rings. The van der Waals surface area contributed by atoms with Crippen LogP contribution in [0.3, 0.4) is 0 Å². The topological polar surface area (TPSA) is 64.9 Å². The van der Waals surface area contributed by atoms with Crippen LogP contribution in [-0.4, -0.2) is 19.0 Å². The smallest absolute Gasteiger partial charge is 0.224 e. The van der Waals surface area contributed by atoms with E-state index in [-0.39, 0.29) is 5.91 Å². The minimum Gasteiger partial charge on any atom is -0.326 e. The number of anilines is 1. The summed E-state index contributed by atoms with van der Waals surface area (Å²) in [6.45, 7) is 2.15. The Balaban J connectivity index is 1.74. The fourth-order valence-electron chi connectivity index (χ4n) is 2.53. The van der Waals surface area contributed by atoms with Gasteiger partial charge in [-0.05, 0) is 56.0 Å². The number of hydrogen-bond acceptors (Lipinski definition) is 3. The molecule has 1 saturated heterocycles. The highest BCUT2D eigenvalue weighted by Gasteiger charge is 2.14. The van der Waals surface area contributed by atoms with Crippen LogP contribution in [0.15, 0.2) is 24.3 Å². The molecule has 20 heavy (non-hydrogen) atoms. The van der Waals surface area contributed by atoms with E-state index in [0.717, 1.165) is 30.8 Å². The second-order valence-corrected chi connectivity index (χ2v) is 5.31. The van der Waals surface area contributed by atoms with Crippen LogP contribution < -0.4 is 10.6 Å². The molecule has 1 aliphatic rings. The van der Waals surface area contributed by atoms with Gasteiger partial charge in [0.25, 0.3) is 0 Å². The van der Waals surface area contributed by atoms with E-state index in [1.54, 1.807) is 0 Å². The molecular weight excluding hydrogens is 250 g/mol. The van der Waals surface area contributed by atoms with Crippen molar-refractivity contribution in [3.8, 4) is 6.07 Å². The number of nitriles is 1. The number of rotatable bonds is 5. The van der Waals surface area contributed by atoms with Gasteiger partial charge in [0.2, 0.25) is 5.91 Å². The maximum absolute atomic E-state index is 11.9. The molecule has 106 valence electrons. The normalized spacial score (nSPS) is 15.6. The molecule has 0 radical (unpaired) electrons. The fourth-order valence-corrected chi connectivity index (χ4v) is 2.53. The molecule has 0 aliphatic carbocycles. The molecule has 0 unspecified atom stereocenters. The van der Waals surface area contributed by atoms with E-state index in [1.165, 1.54) is 12.8 Å². The number of nitrogens with zero attached hydrogens (tertiary/aromatic N) is 1. The van der Waals surface area contributed by atoms with Crippen molar-refractivity contribution >= 4 is 11.6 Å². The van der Waals surface area contributed by atoms with Gasteiger partial charge >= 0.3 is 0 Å². The van der Waals surface area contributed by atoms with Crippen LogP contribution >= 0.6 is 0 Å². The molecule has 0 bridgehead atoms. The first-order valence-corrected chi connectivity index (χ1v) is 7.24. The summed E-state index contributed by atoms with van der Waals surface area (Å²) in [5.74, 6) is 0.761. The van der Waals surface area contributed by atoms with Crippen LogP contribution in [0, 0.1) is 17.2 Å². The fraction of sp³-hybridized carbons (Fsp3) is 0.500. The lowest BCUT2D eigenvalue weighted by Crippen LogP contribution is -2.28. The predicted octanol–water partition coefficient (Wildman–Crippen LogP) is 2.47. The van der Waals surface area contributed by atoms with E-state index in [0.29, 0.717) is 18.8 Å². The zero-order chi connectivity index (χ0) is 14.2. The Morgan fingerprint density at radius 3 is 2.65 bits per heavy atom. The van der Waals surface area contributed by atoms with Crippen molar-refractivity contribution in [2.45, 2.75) is 32.1 Å². The van der Waals surface area contributed by atoms with Gasteiger partial charge in [-0.15, -0.1) is 0 Å². The Morgan fingerprint density at radius 2 is 2.00 bits per heavy atom. The Morgan fingerprint density at radius 1 is 1.30 bits per heavy atom. The van der Waals surface area contributed by atoms with Crippen molar-refractivity contribution in [2.75, 3.05) is 18.4 Å². The highest BCUT2D eigenvalue weighted by atomic mass is 16.1. The van der Waals surface area contributed by atoms with Gasteiger partial charge in [0.15, 0.2) is 0 Å². The summed E-state index contributed by atoms with van der Waals surface area (Å²) < 4.78 is 0. The molecular formula is C16H21N3O. The van der Waals surface area contributed by atoms with Gasteiger partial charge in [0, 0.05) is 12.1 Å². The lowest BCUT2D eigenvalue weighted by atomic mass is 9.93. The second kappa shape index (κ2) is 7.66. The van der Waals surface area contributed by atoms with Crippen LogP contribution in [0.2, 0.25) is 0 Å². The first kappa shape index (κ1) is 14.5. The highest BCUT2D eigenvalue weighted by Crippen LogP contribution is 2.18. The molecule has 1 amide bonds. The van der Waals surface area contributed by atoms with Gasteiger partial charge in [0.05, 0.1) is 12.5 Å². The van der Waals surface area contributed by atoms with Gasteiger partial charge < -0.3 is 10.6 Å². The van der Waals surface area contributed by atoms with E-state index in [2.05, 4.69) is 16.7 Å². The van der Waals surface area contributed by atoms with Crippen LogP contribution in [0.25, 0.3) is 0 Å². The molecule has 2 rings (SSSR count). The largest absolute Gasteiger partial charge is 0.326 e. The second-order valence-electron chi connectivity index (χ2n) is 5.31. The first-order chi connectivity index (χ1) is 9.78. The summed E-state index contributed by atoms with van der Waals surface area (Å²) in [7, 11) is 0. The predicted molar refractivity (Wildman–Crippen MR) is 79.2 cm³/mol. The molecule has 2 N–H and O–H groups in total. The molecule has 0 aromatic heterocycles. The summed E-state index contributed by atoms with van der Waals surface area (Å²) in [5, 5.41) is 14.9. The van der Waals surface area contributed by atoms with Crippen molar-refractivity contribution in [1.29, 1.82) is 5.26 Å². The van der Waals surface area contributed by atoms with Crippen molar-refractivity contribution in [3.05, 3.63) is 29.8 Å². The number of nitrogens with one attached hydrogen (secondary N) is 2. The summed E-state index contributed by atoms with van der Waals surface area (Å²) in [6.07, 6.45) is 4.32. The summed E-state index contributed by atoms with van der Waals surface area (Å²) in [6, 6.07) is 9.58.